The number of anilines is 1. The average molecular weight is 364 g/mol. The minimum atomic E-state index is 0.174. The molecule has 2 aromatic rings. The summed E-state index contributed by atoms with van der Waals surface area (Å²) in [5.74, 6) is 1.18. The van der Waals surface area contributed by atoms with E-state index in [1.165, 1.54) is 5.56 Å². The van der Waals surface area contributed by atoms with E-state index in [2.05, 4.69) is 35.8 Å². The van der Waals surface area contributed by atoms with Crippen LogP contribution in [0.1, 0.15) is 36.0 Å². The molecule has 2 aromatic carbocycles. The minimum absolute atomic E-state index is 0.174. The highest BCUT2D eigenvalue weighted by Crippen LogP contribution is 2.58. The van der Waals surface area contributed by atoms with Gasteiger partial charge in [0.05, 0.1) is 0 Å². The Morgan fingerprint density at radius 3 is 2.74 bits per heavy atom. The fourth-order valence-corrected chi connectivity index (χ4v) is 4.25. The minimum Gasteiger partial charge on any atom is -0.489 e. The lowest BCUT2D eigenvalue weighted by Crippen LogP contribution is -2.31. The van der Waals surface area contributed by atoms with Crippen LogP contribution in [0.4, 0.5) is 5.69 Å². The number of aryl methyl sites for hydroxylation is 2. The molecule has 1 saturated carbocycles. The highest BCUT2D eigenvalue weighted by Gasteiger charge is 2.57. The Morgan fingerprint density at radius 1 is 1.19 bits per heavy atom. The van der Waals surface area contributed by atoms with E-state index in [1.54, 1.807) is 0 Å². The van der Waals surface area contributed by atoms with Crippen LogP contribution in [-0.2, 0) is 11.4 Å². The van der Waals surface area contributed by atoms with Gasteiger partial charge in [0, 0.05) is 11.6 Å². The summed E-state index contributed by atoms with van der Waals surface area (Å²) >= 11 is 0. The summed E-state index contributed by atoms with van der Waals surface area (Å²) in [6, 6.07) is 14.2. The Morgan fingerprint density at radius 2 is 2.00 bits per heavy atom. The molecule has 142 valence electrons. The van der Waals surface area contributed by atoms with E-state index in [1.807, 2.05) is 31.2 Å². The van der Waals surface area contributed by atoms with Crippen molar-refractivity contribution in [2.45, 2.75) is 39.7 Å². The molecule has 2 fully saturated rings. The van der Waals surface area contributed by atoms with Crippen molar-refractivity contribution in [1.29, 1.82) is 0 Å². The number of hydrogen-bond acceptors (Lipinski definition) is 3. The molecule has 2 aliphatic rings. The molecule has 1 heterocycles. The second-order valence-electron chi connectivity index (χ2n) is 8.11. The molecule has 0 radical (unpaired) electrons. The first-order valence-electron chi connectivity index (χ1n) is 9.86. The summed E-state index contributed by atoms with van der Waals surface area (Å²) in [5, 5.41) is 6.52. The third kappa shape index (κ3) is 4.01. The van der Waals surface area contributed by atoms with Gasteiger partial charge in [0.25, 0.3) is 0 Å². The Kier molecular flexibility index (Phi) is 4.92. The maximum atomic E-state index is 12.7. The quantitative estimate of drug-likeness (QED) is 0.835. The molecule has 1 spiro atoms. The van der Waals surface area contributed by atoms with E-state index in [4.69, 9.17) is 4.74 Å². The van der Waals surface area contributed by atoms with Crippen LogP contribution in [-0.4, -0.2) is 19.0 Å². The molecule has 4 nitrogen and oxygen atoms in total. The average Bonchev–Trinajstić information content (AvgIpc) is 3.35. The molecule has 2 N–H and O–H groups in total. The summed E-state index contributed by atoms with van der Waals surface area (Å²) in [6.45, 7) is 6.72. The van der Waals surface area contributed by atoms with Crippen LogP contribution in [0, 0.1) is 25.2 Å². The molecular weight excluding hydrogens is 336 g/mol. The molecule has 1 unspecified atom stereocenters. The van der Waals surface area contributed by atoms with Gasteiger partial charge in [-0.05, 0) is 80.9 Å². The highest BCUT2D eigenvalue weighted by atomic mass is 16.5. The maximum absolute atomic E-state index is 12.7. The van der Waals surface area contributed by atoms with Gasteiger partial charge < -0.3 is 15.4 Å². The van der Waals surface area contributed by atoms with E-state index >= 15 is 0 Å². The first kappa shape index (κ1) is 18.1. The summed E-state index contributed by atoms with van der Waals surface area (Å²) in [7, 11) is 0. The second-order valence-corrected chi connectivity index (χ2v) is 8.11. The molecule has 0 bridgehead atoms. The molecule has 4 rings (SSSR count). The van der Waals surface area contributed by atoms with E-state index in [9.17, 15) is 4.79 Å². The van der Waals surface area contributed by atoms with Crippen molar-refractivity contribution in [3.05, 3.63) is 59.2 Å². The maximum Gasteiger partial charge on any atom is 0.228 e. The molecule has 1 aliphatic carbocycles. The largest absolute Gasteiger partial charge is 0.489 e. The van der Waals surface area contributed by atoms with Crippen LogP contribution in [0.5, 0.6) is 5.75 Å². The number of piperidine rings is 1. The van der Waals surface area contributed by atoms with Crippen molar-refractivity contribution in [3.63, 3.8) is 0 Å². The first-order valence-corrected chi connectivity index (χ1v) is 9.86. The van der Waals surface area contributed by atoms with Crippen molar-refractivity contribution >= 4 is 11.6 Å². The number of ether oxygens (including phenoxy) is 1. The van der Waals surface area contributed by atoms with Crippen LogP contribution >= 0.6 is 0 Å². The zero-order valence-electron chi connectivity index (χ0n) is 16.2. The Hall–Kier alpha value is -2.33. The molecule has 1 aliphatic heterocycles. The smallest absolute Gasteiger partial charge is 0.228 e. The topological polar surface area (TPSA) is 50.4 Å². The molecule has 1 atom stereocenters. The number of nitrogens with one attached hydrogen (secondary N) is 2. The molecule has 0 aromatic heterocycles. The summed E-state index contributed by atoms with van der Waals surface area (Å²) < 4.78 is 5.92. The third-order valence-corrected chi connectivity index (χ3v) is 6.05. The fraction of sp³-hybridized carbons (Fsp3) is 0.435. The molecule has 4 heteroatoms. The third-order valence-electron chi connectivity index (χ3n) is 6.05. The predicted molar refractivity (Wildman–Crippen MR) is 108 cm³/mol. The zero-order valence-corrected chi connectivity index (χ0v) is 16.2. The number of carbonyl (C=O) groups is 1. The predicted octanol–water partition coefficient (Wildman–Crippen LogP) is 4.21. The van der Waals surface area contributed by atoms with E-state index in [0.29, 0.717) is 6.61 Å². The van der Waals surface area contributed by atoms with Gasteiger partial charge in [-0.3, -0.25) is 4.79 Å². The zero-order chi connectivity index (χ0) is 18.9. The van der Waals surface area contributed by atoms with Gasteiger partial charge in [-0.1, -0.05) is 29.8 Å². The molecule has 1 saturated heterocycles. The van der Waals surface area contributed by atoms with Crippen molar-refractivity contribution in [3.8, 4) is 5.75 Å². The molecular formula is C23H28N2O2. The van der Waals surface area contributed by atoms with Gasteiger partial charge in [0.2, 0.25) is 5.91 Å². The van der Waals surface area contributed by atoms with Crippen LogP contribution in [0.15, 0.2) is 42.5 Å². The van der Waals surface area contributed by atoms with Crippen molar-refractivity contribution in [1.82, 2.24) is 5.32 Å². The van der Waals surface area contributed by atoms with E-state index < -0.39 is 0 Å². The number of amides is 1. The first-order chi connectivity index (χ1) is 13.1. The fourth-order valence-electron chi connectivity index (χ4n) is 4.25. The van der Waals surface area contributed by atoms with Gasteiger partial charge in [0.1, 0.15) is 12.4 Å². The van der Waals surface area contributed by atoms with E-state index in [-0.39, 0.29) is 17.2 Å². The summed E-state index contributed by atoms with van der Waals surface area (Å²) in [5.41, 5.74) is 4.58. The molecule has 1 amide bonds. The van der Waals surface area contributed by atoms with E-state index in [0.717, 1.165) is 54.9 Å². The lowest BCUT2D eigenvalue weighted by atomic mass is 9.91. The van der Waals surface area contributed by atoms with Gasteiger partial charge in [-0.25, -0.2) is 0 Å². The monoisotopic (exact) mass is 364 g/mol. The summed E-state index contributed by atoms with van der Waals surface area (Å²) in [4.78, 5) is 12.7. The lowest BCUT2D eigenvalue weighted by molar-refractivity contribution is -0.118. The summed E-state index contributed by atoms with van der Waals surface area (Å²) in [6.07, 6.45) is 3.28. The van der Waals surface area contributed by atoms with Crippen LogP contribution < -0.4 is 15.4 Å². The van der Waals surface area contributed by atoms with Crippen molar-refractivity contribution in [2.24, 2.45) is 11.3 Å². The van der Waals surface area contributed by atoms with Gasteiger partial charge in [-0.15, -0.1) is 0 Å². The highest BCUT2D eigenvalue weighted by molar-refractivity contribution is 5.95. The SMILES string of the molecule is Cc1cccc(COc2ccc(NC(=O)C3CC34CCNCC4)c(C)c2)c1. The van der Waals surface area contributed by atoms with Gasteiger partial charge in [-0.2, -0.15) is 0 Å². The normalized spacial score (nSPS) is 20.3. The van der Waals surface area contributed by atoms with Crippen molar-refractivity contribution < 1.29 is 9.53 Å². The standard InChI is InChI=1S/C23H28N2O2/c1-16-4-3-5-18(12-16)15-27-19-6-7-21(17(2)13-19)25-22(26)20-14-23(20)8-10-24-11-9-23/h3-7,12-13,20,24H,8-11,14-15H2,1-2H3,(H,25,26). The second kappa shape index (κ2) is 7.35. The van der Waals surface area contributed by atoms with Crippen LogP contribution in [0.2, 0.25) is 0 Å². The Bertz CT molecular complexity index is 840. The number of benzene rings is 2. The van der Waals surface area contributed by atoms with Crippen molar-refractivity contribution in [2.75, 3.05) is 18.4 Å². The van der Waals surface area contributed by atoms with Gasteiger partial charge in [0.15, 0.2) is 0 Å². The van der Waals surface area contributed by atoms with Gasteiger partial charge >= 0.3 is 0 Å². The van der Waals surface area contributed by atoms with Crippen LogP contribution in [0.25, 0.3) is 0 Å². The number of rotatable bonds is 5. The van der Waals surface area contributed by atoms with Crippen LogP contribution in [0.3, 0.4) is 0 Å². The number of hydrogen-bond donors (Lipinski definition) is 2. The lowest BCUT2D eigenvalue weighted by Gasteiger charge is -2.23. The Balaban J connectivity index is 1.35. The Labute approximate surface area is 161 Å². The molecule has 27 heavy (non-hydrogen) atoms. The number of carbonyl (C=O) groups excluding carboxylic acids is 1.